The number of carbonyl (C=O) groups excluding carboxylic acids is 2. The molecule has 0 aliphatic rings. The molecule has 0 spiro atoms. The van der Waals surface area contributed by atoms with Crippen LogP contribution in [0.25, 0.3) is 0 Å². The van der Waals surface area contributed by atoms with Gasteiger partial charge in [0.25, 0.3) is 0 Å². The zero-order valence-corrected chi connectivity index (χ0v) is 10.1. The number of benzene rings is 1. The van der Waals surface area contributed by atoms with Crippen LogP contribution in [0.5, 0.6) is 5.75 Å². The van der Waals surface area contributed by atoms with E-state index in [-0.39, 0.29) is 18.2 Å². The Balaban J connectivity index is 2.62. The molecule has 2 atom stereocenters. The maximum absolute atomic E-state index is 11.6. The standard InChI is InChI=1S/C12H17N3O3/c1-7(8-3-2-4-9(16)5-8)15-12(18)10(13)6-11(14)17/h2-5,7,10,16H,6,13H2,1H3,(H2,14,17)(H,15,18). The summed E-state index contributed by atoms with van der Waals surface area (Å²) in [6.45, 7) is 1.75. The number of phenolic OH excluding ortho intramolecular Hbond substituents is 1. The van der Waals surface area contributed by atoms with Gasteiger partial charge in [0.05, 0.1) is 18.5 Å². The molecule has 0 heterocycles. The lowest BCUT2D eigenvalue weighted by Crippen LogP contribution is -2.43. The van der Waals surface area contributed by atoms with E-state index in [1.54, 1.807) is 25.1 Å². The van der Waals surface area contributed by atoms with Crippen LogP contribution in [0.15, 0.2) is 24.3 Å². The number of nitrogens with two attached hydrogens (primary N) is 2. The van der Waals surface area contributed by atoms with Crippen molar-refractivity contribution in [1.29, 1.82) is 0 Å². The smallest absolute Gasteiger partial charge is 0.237 e. The third-order valence-corrected chi connectivity index (χ3v) is 2.49. The Morgan fingerprint density at radius 2 is 2.11 bits per heavy atom. The highest BCUT2D eigenvalue weighted by Crippen LogP contribution is 2.17. The molecule has 0 radical (unpaired) electrons. The minimum atomic E-state index is -0.956. The first-order chi connectivity index (χ1) is 8.40. The van der Waals surface area contributed by atoms with Crippen LogP contribution in [-0.4, -0.2) is 23.0 Å². The van der Waals surface area contributed by atoms with Gasteiger partial charge in [-0.15, -0.1) is 0 Å². The van der Waals surface area contributed by atoms with Crippen molar-refractivity contribution in [2.24, 2.45) is 11.5 Å². The van der Waals surface area contributed by atoms with E-state index in [1.807, 2.05) is 0 Å². The Bertz CT molecular complexity index is 448. The van der Waals surface area contributed by atoms with Crippen molar-refractivity contribution in [1.82, 2.24) is 5.32 Å². The Hall–Kier alpha value is -2.08. The number of hydrogen-bond donors (Lipinski definition) is 4. The molecule has 6 N–H and O–H groups in total. The number of aromatic hydroxyl groups is 1. The minimum Gasteiger partial charge on any atom is -0.508 e. The average Bonchev–Trinajstić information content (AvgIpc) is 2.27. The largest absolute Gasteiger partial charge is 0.508 e. The van der Waals surface area contributed by atoms with E-state index in [1.165, 1.54) is 6.07 Å². The maximum atomic E-state index is 11.6. The van der Waals surface area contributed by atoms with Gasteiger partial charge in [-0.3, -0.25) is 9.59 Å². The van der Waals surface area contributed by atoms with Crippen molar-refractivity contribution < 1.29 is 14.7 Å². The lowest BCUT2D eigenvalue weighted by atomic mass is 10.1. The maximum Gasteiger partial charge on any atom is 0.237 e. The Morgan fingerprint density at radius 3 is 2.67 bits per heavy atom. The highest BCUT2D eigenvalue weighted by atomic mass is 16.3. The Labute approximate surface area is 105 Å². The molecule has 0 saturated heterocycles. The second-order valence-electron chi connectivity index (χ2n) is 4.10. The summed E-state index contributed by atoms with van der Waals surface area (Å²) in [6, 6.07) is 5.26. The molecule has 98 valence electrons. The summed E-state index contributed by atoms with van der Waals surface area (Å²) < 4.78 is 0. The quantitative estimate of drug-likeness (QED) is 0.578. The van der Waals surface area contributed by atoms with Gasteiger partial charge in [-0.1, -0.05) is 12.1 Å². The summed E-state index contributed by atoms with van der Waals surface area (Å²) in [5, 5.41) is 12.0. The predicted molar refractivity (Wildman–Crippen MR) is 66.5 cm³/mol. The Kier molecular flexibility index (Phi) is 4.67. The van der Waals surface area contributed by atoms with Gasteiger partial charge >= 0.3 is 0 Å². The van der Waals surface area contributed by atoms with E-state index in [0.29, 0.717) is 0 Å². The van der Waals surface area contributed by atoms with Gasteiger partial charge in [-0.2, -0.15) is 0 Å². The molecule has 0 aliphatic carbocycles. The van der Waals surface area contributed by atoms with Crippen LogP contribution in [0.3, 0.4) is 0 Å². The number of phenols is 1. The number of primary amides is 1. The summed E-state index contributed by atoms with van der Waals surface area (Å²) in [5.74, 6) is -0.956. The first-order valence-electron chi connectivity index (χ1n) is 5.53. The van der Waals surface area contributed by atoms with Crippen LogP contribution in [0.2, 0.25) is 0 Å². The van der Waals surface area contributed by atoms with E-state index in [0.717, 1.165) is 5.56 Å². The zero-order valence-electron chi connectivity index (χ0n) is 10.1. The fourth-order valence-corrected chi connectivity index (χ4v) is 1.51. The lowest BCUT2D eigenvalue weighted by Gasteiger charge is -2.17. The molecule has 0 aliphatic heterocycles. The lowest BCUT2D eigenvalue weighted by molar-refractivity contribution is -0.126. The first kappa shape index (κ1) is 14.0. The van der Waals surface area contributed by atoms with E-state index in [9.17, 15) is 14.7 Å². The van der Waals surface area contributed by atoms with Crippen molar-refractivity contribution >= 4 is 11.8 Å². The number of carbonyl (C=O) groups is 2. The topological polar surface area (TPSA) is 118 Å². The molecular formula is C12H17N3O3. The summed E-state index contributed by atoms with van der Waals surface area (Å²) >= 11 is 0. The second kappa shape index (κ2) is 6.02. The molecule has 6 nitrogen and oxygen atoms in total. The zero-order chi connectivity index (χ0) is 13.7. The van der Waals surface area contributed by atoms with Crippen LogP contribution in [0, 0.1) is 0 Å². The molecule has 1 aromatic carbocycles. The van der Waals surface area contributed by atoms with Crippen LogP contribution in [-0.2, 0) is 9.59 Å². The molecule has 2 unspecified atom stereocenters. The minimum absolute atomic E-state index is 0.120. The van der Waals surface area contributed by atoms with Crippen LogP contribution in [0.4, 0.5) is 0 Å². The van der Waals surface area contributed by atoms with E-state index in [2.05, 4.69) is 5.32 Å². The van der Waals surface area contributed by atoms with Crippen LogP contribution >= 0.6 is 0 Å². The molecule has 0 fully saturated rings. The molecule has 18 heavy (non-hydrogen) atoms. The van der Waals surface area contributed by atoms with Crippen molar-refractivity contribution in [3.05, 3.63) is 29.8 Å². The highest BCUT2D eigenvalue weighted by Gasteiger charge is 2.18. The van der Waals surface area contributed by atoms with Crippen molar-refractivity contribution in [2.45, 2.75) is 25.4 Å². The van der Waals surface area contributed by atoms with Crippen LogP contribution in [0.1, 0.15) is 24.9 Å². The highest BCUT2D eigenvalue weighted by molar-refractivity contribution is 5.87. The fraction of sp³-hybridized carbons (Fsp3) is 0.333. The third kappa shape index (κ3) is 4.06. The van der Waals surface area contributed by atoms with Gasteiger partial charge in [0.2, 0.25) is 11.8 Å². The van der Waals surface area contributed by atoms with Gasteiger partial charge in [-0.25, -0.2) is 0 Å². The fourth-order valence-electron chi connectivity index (χ4n) is 1.51. The molecule has 1 aromatic rings. The number of rotatable bonds is 5. The van der Waals surface area contributed by atoms with E-state index >= 15 is 0 Å². The molecule has 0 saturated carbocycles. The van der Waals surface area contributed by atoms with Gasteiger partial charge in [0.1, 0.15) is 5.75 Å². The first-order valence-corrected chi connectivity index (χ1v) is 5.53. The van der Waals surface area contributed by atoms with Crippen molar-refractivity contribution in [3.63, 3.8) is 0 Å². The number of nitrogens with one attached hydrogen (secondary N) is 1. The monoisotopic (exact) mass is 251 g/mol. The van der Waals surface area contributed by atoms with Crippen molar-refractivity contribution in [2.75, 3.05) is 0 Å². The molecule has 6 heteroatoms. The third-order valence-electron chi connectivity index (χ3n) is 2.49. The summed E-state index contributed by atoms with van der Waals surface area (Å²) in [5.41, 5.74) is 11.2. The van der Waals surface area contributed by atoms with Crippen LogP contribution < -0.4 is 16.8 Å². The van der Waals surface area contributed by atoms with Gasteiger partial charge in [0.15, 0.2) is 0 Å². The van der Waals surface area contributed by atoms with E-state index in [4.69, 9.17) is 11.5 Å². The van der Waals surface area contributed by atoms with Gasteiger partial charge in [0, 0.05) is 0 Å². The van der Waals surface area contributed by atoms with Crippen molar-refractivity contribution in [3.8, 4) is 5.75 Å². The van der Waals surface area contributed by atoms with Gasteiger partial charge < -0.3 is 21.9 Å². The van der Waals surface area contributed by atoms with E-state index < -0.39 is 17.9 Å². The molecular weight excluding hydrogens is 234 g/mol. The van der Waals surface area contributed by atoms with Gasteiger partial charge in [-0.05, 0) is 24.6 Å². The number of amides is 2. The normalized spacial score (nSPS) is 13.7. The predicted octanol–water partition coefficient (Wildman–Crippen LogP) is -0.228. The number of hydrogen-bond acceptors (Lipinski definition) is 4. The molecule has 2 amide bonds. The SMILES string of the molecule is CC(NC(=O)C(N)CC(N)=O)c1cccc(O)c1. The summed E-state index contributed by atoms with van der Waals surface area (Å²) in [6.07, 6.45) is -0.196. The second-order valence-corrected chi connectivity index (χ2v) is 4.10. The molecule has 1 rings (SSSR count). The Morgan fingerprint density at radius 1 is 1.44 bits per heavy atom. The molecule has 0 aromatic heterocycles. The summed E-state index contributed by atoms with van der Waals surface area (Å²) in [4.78, 5) is 22.3. The average molecular weight is 251 g/mol. The molecule has 0 bridgehead atoms. The summed E-state index contributed by atoms with van der Waals surface area (Å²) in [7, 11) is 0.